The molecule has 1 aliphatic carbocycles. The average molecular weight is 335 g/mol. The molecule has 0 atom stereocenters. The maximum atomic E-state index is 12.6. The van der Waals surface area contributed by atoms with Crippen LogP contribution in [0.15, 0.2) is 34.1 Å². The van der Waals surface area contributed by atoms with Crippen molar-refractivity contribution in [2.24, 2.45) is 4.99 Å². The molecule has 0 radical (unpaired) electrons. The fourth-order valence-electron chi connectivity index (χ4n) is 3.44. The van der Waals surface area contributed by atoms with Gasteiger partial charge in [0.2, 0.25) is 5.88 Å². The van der Waals surface area contributed by atoms with E-state index >= 15 is 0 Å². The van der Waals surface area contributed by atoms with Gasteiger partial charge in [0.15, 0.2) is 0 Å². The fourth-order valence-corrected chi connectivity index (χ4v) is 3.44. The number of aromatic hydroxyl groups is 1. The van der Waals surface area contributed by atoms with Gasteiger partial charge < -0.3 is 5.11 Å². The lowest BCUT2D eigenvalue weighted by atomic mass is 10.0. The third kappa shape index (κ3) is 3.20. The highest BCUT2D eigenvalue weighted by molar-refractivity contribution is 5.87. The predicted molar refractivity (Wildman–Crippen MR) is 97.8 cm³/mol. The number of nitrogens with zero attached hydrogens (tertiary/aromatic N) is 3. The molecule has 2 aromatic rings. The Hall–Kier alpha value is -2.87. The molecule has 0 spiro atoms. The standard InChI is InChI=1S/C20H21N3O2/c1-13-6-5-7-15(10-13)22-12-18-14(2)17(11-21)19(24)23(20(18)25)16-8-3-4-9-16/h5-7,10,12,16,25H,3-4,8-9H2,1-2H3. The Labute approximate surface area is 146 Å². The summed E-state index contributed by atoms with van der Waals surface area (Å²) in [6.45, 7) is 3.66. The lowest BCUT2D eigenvalue weighted by Crippen LogP contribution is -2.28. The summed E-state index contributed by atoms with van der Waals surface area (Å²) in [5.74, 6) is -0.0928. The summed E-state index contributed by atoms with van der Waals surface area (Å²) in [6, 6.07) is 9.64. The van der Waals surface area contributed by atoms with E-state index in [2.05, 4.69) is 4.99 Å². The van der Waals surface area contributed by atoms with Gasteiger partial charge in [-0.3, -0.25) is 14.4 Å². The van der Waals surface area contributed by atoms with E-state index in [0.29, 0.717) is 11.1 Å². The Morgan fingerprint density at radius 1 is 1.32 bits per heavy atom. The van der Waals surface area contributed by atoms with Crippen LogP contribution in [0, 0.1) is 25.2 Å². The molecule has 1 heterocycles. The van der Waals surface area contributed by atoms with Crippen LogP contribution in [0.5, 0.6) is 5.88 Å². The number of hydrogen-bond acceptors (Lipinski definition) is 4. The van der Waals surface area contributed by atoms with Crippen molar-refractivity contribution >= 4 is 11.9 Å². The van der Waals surface area contributed by atoms with Crippen LogP contribution >= 0.6 is 0 Å². The number of rotatable bonds is 3. The first-order chi connectivity index (χ1) is 12.0. The average Bonchev–Trinajstić information content (AvgIpc) is 3.09. The van der Waals surface area contributed by atoms with Crippen molar-refractivity contribution in [2.45, 2.75) is 45.6 Å². The number of aliphatic imine (C=N–C) groups is 1. The Morgan fingerprint density at radius 3 is 2.68 bits per heavy atom. The van der Waals surface area contributed by atoms with Crippen LogP contribution in [-0.2, 0) is 0 Å². The van der Waals surface area contributed by atoms with E-state index in [1.807, 2.05) is 37.3 Å². The van der Waals surface area contributed by atoms with Crippen LogP contribution in [-0.4, -0.2) is 15.9 Å². The molecule has 25 heavy (non-hydrogen) atoms. The van der Waals surface area contributed by atoms with Crippen LogP contribution in [0.25, 0.3) is 0 Å². The van der Waals surface area contributed by atoms with Gasteiger partial charge in [-0.15, -0.1) is 0 Å². The Bertz CT molecular complexity index is 929. The van der Waals surface area contributed by atoms with Gasteiger partial charge in [-0.1, -0.05) is 25.0 Å². The molecule has 0 unspecified atom stereocenters. The number of hydrogen-bond donors (Lipinski definition) is 1. The molecule has 1 saturated carbocycles. The van der Waals surface area contributed by atoms with Crippen molar-refractivity contribution in [1.82, 2.24) is 4.57 Å². The van der Waals surface area contributed by atoms with Gasteiger partial charge in [0, 0.05) is 12.3 Å². The van der Waals surface area contributed by atoms with Crippen molar-refractivity contribution in [3.8, 4) is 11.9 Å². The van der Waals surface area contributed by atoms with Gasteiger partial charge in [-0.25, -0.2) is 0 Å². The van der Waals surface area contributed by atoms with Crippen LogP contribution in [0.2, 0.25) is 0 Å². The largest absolute Gasteiger partial charge is 0.494 e. The third-order valence-corrected chi connectivity index (χ3v) is 4.83. The van der Waals surface area contributed by atoms with E-state index in [1.54, 1.807) is 13.1 Å². The van der Waals surface area contributed by atoms with Crippen LogP contribution in [0.3, 0.4) is 0 Å². The monoisotopic (exact) mass is 335 g/mol. The fraction of sp³-hybridized carbons (Fsp3) is 0.350. The summed E-state index contributed by atoms with van der Waals surface area (Å²) in [6.07, 6.45) is 5.29. The topological polar surface area (TPSA) is 78.4 Å². The van der Waals surface area contributed by atoms with E-state index in [9.17, 15) is 15.2 Å². The molecule has 1 aliphatic rings. The Balaban J connectivity index is 2.14. The molecule has 0 aliphatic heterocycles. The van der Waals surface area contributed by atoms with Crippen LogP contribution in [0.1, 0.15) is 54.0 Å². The molecule has 128 valence electrons. The van der Waals surface area contributed by atoms with E-state index < -0.39 is 5.56 Å². The molecule has 5 nitrogen and oxygen atoms in total. The van der Waals surface area contributed by atoms with E-state index in [4.69, 9.17) is 0 Å². The molecular formula is C20H21N3O2. The summed E-state index contributed by atoms with van der Waals surface area (Å²) < 4.78 is 1.39. The summed E-state index contributed by atoms with van der Waals surface area (Å²) in [4.78, 5) is 17.1. The molecule has 5 heteroatoms. The number of aromatic nitrogens is 1. The zero-order chi connectivity index (χ0) is 18.0. The van der Waals surface area contributed by atoms with Crippen molar-refractivity contribution in [1.29, 1.82) is 5.26 Å². The first-order valence-corrected chi connectivity index (χ1v) is 8.52. The molecule has 1 aromatic heterocycles. The maximum absolute atomic E-state index is 12.6. The van der Waals surface area contributed by atoms with Gasteiger partial charge in [-0.2, -0.15) is 5.26 Å². The molecule has 3 rings (SSSR count). The lowest BCUT2D eigenvalue weighted by molar-refractivity contribution is 0.368. The molecule has 0 bridgehead atoms. The summed E-state index contributed by atoms with van der Waals surface area (Å²) >= 11 is 0. The number of benzene rings is 1. The van der Waals surface area contributed by atoms with Crippen molar-refractivity contribution < 1.29 is 5.11 Å². The summed E-state index contributed by atoms with van der Waals surface area (Å²) in [5.41, 5.74) is 2.42. The SMILES string of the molecule is Cc1cccc(N=Cc2c(C)c(C#N)c(=O)n(C3CCCC3)c2O)c1. The van der Waals surface area contributed by atoms with E-state index in [1.165, 1.54) is 4.57 Å². The van der Waals surface area contributed by atoms with Gasteiger partial charge in [-0.05, 0) is 49.9 Å². The quantitative estimate of drug-likeness (QED) is 0.864. The second-order valence-electron chi connectivity index (χ2n) is 6.56. The zero-order valence-electron chi connectivity index (χ0n) is 14.5. The number of nitriles is 1. The highest BCUT2D eigenvalue weighted by Gasteiger charge is 2.25. The van der Waals surface area contributed by atoms with Gasteiger partial charge in [0.25, 0.3) is 5.56 Å². The minimum atomic E-state index is -0.405. The predicted octanol–water partition coefficient (Wildman–Crippen LogP) is 3.91. The molecule has 1 fully saturated rings. The second-order valence-corrected chi connectivity index (χ2v) is 6.56. The Kier molecular flexibility index (Phi) is 4.71. The van der Waals surface area contributed by atoms with Crippen LogP contribution in [0.4, 0.5) is 5.69 Å². The third-order valence-electron chi connectivity index (χ3n) is 4.83. The number of aryl methyl sites for hydroxylation is 1. The molecule has 1 N–H and O–H groups in total. The van der Waals surface area contributed by atoms with Gasteiger partial charge in [0.05, 0.1) is 11.3 Å². The first kappa shape index (κ1) is 17.0. The van der Waals surface area contributed by atoms with Crippen molar-refractivity contribution in [3.63, 3.8) is 0 Å². The second kappa shape index (κ2) is 6.94. The highest BCUT2D eigenvalue weighted by atomic mass is 16.3. The smallest absolute Gasteiger partial charge is 0.271 e. The highest BCUT2D eigenvalue weighted by Crippen LogP contribution is 2.33. The molecule has 0 amide bonds. The van der Waals surface area contributed by atoms with Gasteiger partial charge >= 0.3 is 0 Å². The molecular weight excluding hydrogens is 314 g/mol. The normalized spacial score (nSPS) is 14.9. The summed E-state index contributed by atoms with van der Waals surface area (Å²) in [7, 11) is 0. The van der Waals surface area contributed by atoms with E-state index in [-0.39, 0.29) is 17.5 Å². The van der Waals surface area contributed by atoms with Crippen molar-refractivity contribution in [2.75, 3.05) is 0 Å². The minimum Gasteiger partial charge on any atom is -0.494 e. The molecule has 1 aromatic carbocycles. The Morgan fingerprint density at radius 2 is 2.04 bits per heavy atom. The number of pyridine rings is 1. The van der Waals surface area contributed by atoms with Crippen molar-refractivity contribution in [3.05, 3.63) is 56.9 Å². The summed E-state index contributed by atoms with van der Waals surface area (Å²) in [5, 5.41) is 20.1. The maximum Gasteiger partial charge on any atom is 0.271 e. The molecule has 0 saturated heterocycles. The lowest BCUT2D eigenvalue weighted by Gasteiger charge is -2.19. The first-order valence-electron chi connectivity index (χ1n) is 8.52. The van der Waals surface area contributed by atoms with E-state index in [0.717, 1.165) is 36.9 Å². The minimum absolute atomic E-state index is 0.0497. The van der Waals surface area contributed by atoms with Gasteiger partial charge in [0.1, 0.15) is 11.6 Å². The van der Waals surface area contributed by atoms with Crippen LogP contribution < -0.4 is 5.56 Å². The zero-order valence-corrected chi connectivity index (χ0v) is 14.5.